The van der Waals surface area contributed by atoms with E-state index in [4.69, 9.17) is 25.5 Å². The molecule has 1 aliphatic rings. The van der Waals surface area contributed by atoms with Crippen LogP contribution in [0.3, 0.4) is 0 Å². The third kappa shape index (κ3) is 5.35. The maximum absolute atomic E-state index is 12.7. The second-order valence-electron chi connectivity index (χ2n) is 7.43. The van der Waals surface area contributed by atoms with Crippen LogP contribution in [-0.4, -0.2) is 37.4 Å². The average molecular weight is 469 g/mol. The summed E-state index contributed by atoms with van der Waals surface area (Å²) in [5, 5.41) is 3.29. The number of furan rings is 1. The minimum Gasteiger partial charge on any atom is -0.485 e. The Kier molecular flexibility index (Phi) is 6.65. The van der Waals surface area contributed by atoms with Gasteiger partial charge in [0.25, 0.3) is 5.91 Å². The molecule has 1 N–H and O–H groups in total. The van der Waals surface area contributed by atoms with Crippen LogP contribution in [0.25, 0.3) is 0 Å². The fourth-order valence-corrected chi connectivity index (χ4v) is 3.58. The Bertz CT molecular complexity index is 1190. The minimum absolute atomic E-state index is 0.190. The lowest BCUT2D eigenvalue weighted by Gasteiger charge is -2.29. The molecule has 1 aromatic heterocycles. The molecule has 3 aromatic rings. The summed E-state index contributed by atoms with van der Waals surface area (Å²) in [5.74, 6) is 0.533. The second-order valence-corrected chi connectivity index (χ2v) is 7.87. The number of ether oxygens (including phenoxy) is 2. The van der Waals surface area contributed by atoms with Gasteiger partial charge in [-0.1, -0.05) is 11.6 Å². The van der Waals surface area contributed by atoms with Gasteiger partial charge in [-0.3, -0.25) is 19.3 Å². The lowest BCUT2D eigenvalue weighted by molar-refractivity contribution is -0.125. The number of anilines is 1. The summed E-state index contributed by atoms with van der Waals surface area (Å²) in [7, 11) is 0. The first-order valence-electron chi connectivity index (χ1n) is 10.2. The van der Waals surface area contributed by atoms with Crippen LogP contribution >= 0.6 is 11.6 Å². The molecule has 0 atom stereocenters. The van der Waals surface area contributed by atoms with Gasteiger partial charge in [-0.2, -0.15) is 0 Å². The molecule has 0 unspecified atom stereocenters. The van der Waals surface area contributed by atoms with E-state index in [1.165, 1.54) is 17.2 Å². The first-order chi connectivity index (χ1) is 15.9. The van der Waals surface area contributed by atoms with Crippen molar-refractivity contribution in [3.63, 3.8) is 0 Å². The summed E-state index contributed by atoms with van der Waals surface area (Å²) in [6.45, 7) is 1.44. The van der Waals surface area contributed by atoms with E-state index >= 15 is 0 Å². The predicted octanol–water partition coefficient (Wildman–Crippen LogP) is 3.54. The summed E-state index contributed by atoms with van der Waals surface area (Å²) in [6, 6.07) is 13.3. The number of carbonyl (C=O) groups is 3. The van der Waals surface area contributed by atoms with Gasteiger partial charge in [-0.25, -0.2) is 0 Å². The number of aryl methyl sites for hydroxylation is 1. The molecule has 0 bridgehead atoms. The number of Topliss-reactive ketones (excluding diaryl/α,β-unsaturated/α-hetero) is 1. The molecule has 0 fully saturated rings. The lowest BCUT2D eigenvalue weighted by Crippen LogP contribution is -2.45. The maximum atomic E-state index is 12.7. The first-order valence-corrected chi connectivity index (χ1v) is 10.6. The van der Waals surface area contributed by atoms with Crippen molar-refractivity contribution in [1.29, 1.82) is 0 Å². The Morgan fingerprint density at radius 3 is 2.79 bits per heavy atom. The molecule has 0 aliphatic carbocycles. The van der Waals surface area contributed by atoms with E-state index in [1.54, 1.807) is 42.5 Å². The number of benzene rings is 2. The van der Waals surface area contributed by atoms with E-state index < -0.39 is 0 Å². The third-order valence-electron chi connectivity index (χ3n) is 5.06. The van der Waals surface area contributed by atoms with Crippen molar-refractivity contribution < 1.29 is 28.3 Å². The molecule has 170 valence electrons. The lowest BCUT2D eigenvalue weighted by atomic mass is 10.1. The molecule has 2 aromatic carbocycles. The van der Waals surface area contributed by atoms with Gasteiger partial charge < -0.3 is 19.2 Å². The number of ketones is 1. The van der Waals surface area contributed by atoms with Crippen molar-refractivity contribution in [3.05, 3.63) is 76.7 Å². The fourth-order valence-electron chi connectivity index (χ4n) is 3.35. The van der Waals surface area contributed by atoms with Crippen molar-refractivity contribution in [2.45, 2.75) is 13.5 Å². The maximum Gasteiger partial charge on any atom is 0.265 e. The summed E-state index contributed by atoms with van der Waals surface area (Å²) >= 11 is 5.95. The number of nitrogens with zero attached hydrogens (tertiary/aromatic N) is 1. The Morgan fingerprint density at radius 2 is 2.03 bits per heavy atom. The SMILES string of the molecule is Cc1cc(Cl)ccc1OCC(=O)c1ccc2c(c1)N(CC(=O)NCc1ccco1)C(=O)CO2. The fraction of sp³-hybridized carbons (Fsp3) is 0.208. The van der Waals surface area contributed by atoms with E-state index in [9.17, 15) is 14.4 Å². The Morgan fingerprint density at radius 1 is 1.18 bits per heavy atom. The van der Waals surface area contributed by atoms with Gasteiger partial charge in [0.1, 0.15) is 23.8 Å². The summed E-state index contributed by atoms with van der Waals surface area (Å²) in [5.41, 5.74) is 1.50. The highest BCUT2D eigenvalue weighted by molar-refractivity contribution is 6.30. The molecule has 2 amide bonds. The number of amides is 2. The highest BCUT2D eigenvalue weighted by atomic mass is 35.5. The van der Waals surface area contributed by atoms with Crippen LogP contribution in [0.2, 0.25) is 5.02 Å². The largest absolute Gasteiger partial charge is 0.485 e. The van der Waals surface area contributed by atoms with Crippen LogP contribution in [-0.2, 0) is 16.1 Å². The Balaban J connectivity index is 1.45. The predicted molar refractivity (Wildman–Crippen MR) is 121 cm³/mol. The van der Waals surface area contributed by atoms with Crippen LogP contribution in [0, 0.1) is 6.92 Å². The number of rotatable bonds is 8. The van der Waals surface area contributed by atoms with Crippen molar-refractivity contribution >= 4 is 34.9 Å². The number of nitrogens with one attached hydrogen (secondary N) is 1. The topological polar surface area (TPSA) is 98.1 Å². The normalized spacial score (nSPS) is 12.7. The van der Waals surface area contributed by atoms with Crippen LogP contribution in [0.5, 0.6) is 11.5 Å². The van der Waals surface area contributed by atoms with Gasteiger partial charge in [0.2, 0.25) is 5.91 Å². The second kappa shape index (κ2) is 9.79. The zero-order valence-electron chi connectivity index (χ0n) is 17.8. The summed E-state index contributed by atoms with van der Waals surface area (Å²) < 4.78 is 16.3. The molecule has 9 heteroatoms. The standard InChI is InChI=1S/C24H21ClN2O6/c1-15-9-17(25)5-7-21(15)32-13-20(28)16-4-6-22-19(10-16)27(24(30)14-33-22)12-23(29)26-11-18-3-2-8-31-18/h2-10H,11-14H2,1H3,(H,26,29). The van der Waals surface area contributed by atoms with E-state index in [2.05, 4.69) is 5.32 Å². The van der Waals surface area contributed by atoms with Crippen molar-refractivity contribution in [3.8, 4) is 11.5 Å². The third-order valence-corrected chi connectivity index (χ3v) is 5.30. The van der Waals surface area contributed by atoms with Crippen molar-refractivity contribution in [2.24, 2.45) is 0 Å². The van der Waals surface area contributed by atoms with E-state index in [0.717, 1.165) is 5.56 Å². The summed E-state index contributed by atoms with van der Waals surface area (Å²) in [4.78, 5) is 38.9. The van der Waals surface area contributed by atoms with E-state index in [1.807, 2.05) is 6.92 Å². The molecule has 4 rings (SSSR count). The van der Waals surface area contributed by atoms with Gasteiger partial charge in [0.15, 0.2) is 19.0 Å². The minimum atomic E-state index is -0.381. The quantitative estimate of drug-likeness (QED) is 0.508. The summed E-state index contributed by atoms with van der Waals surface area (Å²) in [6.07, 6.45) is 1.51. The zero-order valence-corrected chi connectivity index (χ0v) is 18.6. The molecule has 2 heterocycles. The highest BCUT2D eigenvalue weighted by Crippen LogP contribution is 2.33. The Hall–Kier alpha value is -3.78. The molecular formula is C24H21ClN2O6. The van der Waals surface area contributed by atoms with Crippen LogP contribution < -0.4 is 19.7 Å². The van der Waals surface area contributed by atoms with Gasteiger partial charge >= 0.3 is 0 Å². The number of fused-ring (bicyclic) bond motifs is 1. The number of hydrogen-bond acceptors (Lipinski definition) is 6. The zero-order chi connectivity index (χ0) is 23.4. The average Bonchev–Trinajstić information content (AvgIpc) is 3.32. The molecule has 1 aliphatic heterocycles. The van der Waals surface area contributed by atoms with Crippen LogP contribution in [0.15, 0.2) is 59.2 Å². The molecule has 0 saturated heterocycles. The highest BCUT2D eigenvalue weighted by Gasteiger charge is 2.28. The molecule has 33 heavy (non-hydrogen) atoms. The van der Waals surface area contributed by atoms with Crippen LogP contribution in [0.4, 0.5) is 5.69 Å². The molecule has 8 nitrogen and oxygen atoms in total. The number of hydrogen-bond donors (Lipinski definition) is 1. The first kappa shape index (κ1) is 22.4. The molecule has 0 saturated carbocycles. The Labute approximate surface area is 195 Å². The van der Waals surface area contributed by atoms with E-state index in [-0.39, 0.29) is 43.9 Å². The van der Waals surface area contributed by atoms with Crippen LogP contribution in [0.1, 0.15) is 21.7 Å². The van der Waals surface area contributed by atoms with Gasteiger partial charge in [-0.05, 0) is 61.0 Å². The molecule has 0 spiro atoms. The van der Waals surface area contributed by atoms with Gasteiger partial charge in [-0.15, -0.1) is 0 Å². The number of carbonyl (C=O) groups excluding carboxylic acids is 3. The monoisotopic (exact) mass is 468 g/mol. The van der Waals surface area contributed by atoms with Gasteiger partial charge in [0.05, 0.1) is 18.5 Å². The van der Waals surface area contributed by atoms with Gasteiger partial charge in [0, 0.05) is 10.6 Å². The molecule has 0 radical (unpaired) electrons. The number of halogens is 1. The smallest absolute Gasteiger partial charge is 0.265 e. The van der Waals surface area contributed by atoms with Crippen molar-refractivity contribution in [2.75, 3.05) is 24.7 Å². The molecular weight excluding hydrogens is 448 g/mol. The van der Waals surface area contributed by atoms with E-state index in [0.29, 0.717) is 33.5 Å². The van der Waals surface area contributed by atoms with Crippen molar-refractivity contribution in [1.82, 2.24) is 5.32 Å².